The smallest absolute Gasteiger partial charge is 0.272 e. The molecule has 0 saturated carbocycles. The maximum Gasteiger partial charge on any atom is 0.272 e. The number of hydrogen-bond acceptors (Lipinski definition) is 2. The molecule has 5 heteroatoms. The van der Waals surface area contributed by atoms with Crippen molar-refractivity contribution in [2.24, 2.45) is 7.05 Å². The second kappa shape index (κ2) is 5.45. The summed E-state index contributed by atoms with van der Waals surface area (Å²) in [6.07, 6.45) is 0. The van der Waals surface area contributed by atoms with Crippen molar-refractivity contribution >= 4 is 17.5 Å². The van der Waals surface area contributed by atoms with Crippen molar-refractivity contribution in [2.45, 2.75) is 13.5 Å². The van der Waals surface area contributed by atoms with Crippen molar-refractivity contribution in [1.82, 2.24) is 14.7 Å². The Hall–Kier alpha value is -1.81. The lowest BCUT2D eigenvalue weighted by atomic mass is 10.2. The molecule has 0 fully saturated rings. The Morgan fingerprint density at radius 3 is 2.74 bits per heavy atom. The van der Waals surface area contributed by atoms with Gasteiger partial charge in [0.05, 0.1) is 5.69 Å². The topological polar surface area (TPSA) is 38.1 Å². The SMILES string of the molecule is Cc1cc(C(=O)N(C)Cc2cccc(Cl)c2)n(C)n1. The fourth-order valence-electron chi connectivity index (χ4n) is 1.99. The molecule has 1 amide bonds. The normalized spacial score (nSPS) is 10.5. The fraction of sp³-hybridized carbons (Fsp3) is 0.286. The summed E-state index contributed by atoms with van der Waals surface area (Å²) in [6, 6.07) is 9.29. The quantitative estimate of drug-likeness (QED) is 0.865. The molecule has 19 heavy (non-hydrogen) atoms. The molecule has 100 valence electrons. The Bertz CT molecular complexity index is 606. The van der Waals surface area contributed by atoms with E-state index in [1.165, 1.54) is 0 Å². The van der Waals surface area contributed by atoms with E-state index in [2.05, 4.69) is 5.10 Å². The average Bonchev–Trinajstić information content (AvgIpc) is 2.67. The summed E-state index contributed by atoms with van der Waals surface area (Å²) in [4.78, 5) is 14.0. The first-order valence-electron chi connectivity index (χ1n) is 5.98. The van der Waals surface area contributed by atoms with Gasteiger partial charge in [0, 0.05) is 25.7 Å². The largest absolute Gasteiger partial charge is 0.336 e. The van der Waals surface area contributed by atoms with Gasteiger partial charge in [0.15, 0.2) is 0 Å². The van der Waals surface area contributed by atoms with E-state index in [0.717, 1.165) is 11.3 Å². The maximum absolute atomic E-state index is 12.3. The van der Waals surface area contributed by atoms with Crippen molar-refractivity contribution in [3.05, 3.63) is 52.3 Å². The molecule has 2 aromatic rings. The maximum atomic E-state index is 12.3. The van der Waals surface area contributed by atoms with E-state index >= 15 is 0 Å². The minimum absolute atomic E-state index is 0.0527. The van der Waals surface area contributed by atoms with E-state index in [4.69, 9.17) is 11.6 Å². The summed E-state index contributed by atoms with van der Waals surface area (Å²) in [6.45, 7) is 2.39. The molecule has 0 bridgehead atoms. The molecule has 2 rings (SSSR count). The van der Waals surface area contributed by atoms with Crippen LogP contribution in [-0.2, 0) is 13.6 Å². The predicted molar refractivity (Wildman–Crippen MR) is 75.2 cm³/mol. The van der Waals surface area contributed by atoms with E-state index in [-0.39, 0.29) is 5.91 Å². The summed E-state index contributed by atoms with van der Waals surface area (Å²) in [5, 5.41) is 4.86. The Kier molecular flexibility index (Phi) is 3.90. The number of hydrogen-bond donors (Lipinski definition) is 0. The number of rotatable bonds is 3. The number of benzene rings is 1. The standard InChI is InChI=1S/C14H16ClN3O/c1-10-7-13(18(3)16-10)14(19)17(2)9-11-5-4-6-12(15)8-11/h4-8H,9H2,1-3H3. The van der Waals surface area contributed by atoms with Crippen LogP contribution < -0.4 is 0 Å². The third kappa shape index (κ3) is 3.15. The highest BCUT2D eigenvalue weighted by Gasteiger charge is 2.16. The van der Waals surface area contributed by atoms with Crippen LogP contribution in [0, 0.1) is 6.92 Å². The highest BCUT2D eigenvalue weighted by molar-refractivity contribution is 6.30. The average molecular weight is 278 g/mol. The Morgan fingerprint density at radius 2 is 2.16 bits per heavy atom. The highest BCUT2D eigenvalue weighted by Crippen LogP contribution is 2.13. The van der Waals surface area contributed by atoms with E-state index in [0.29, 0.717) is 17.3 Å². The van der Waals surface area contributed by atoms with E-state index in [1.54, 1.807) is 29.7 Å². The molecule has 0 atom stereocenters. The third-order valence-corrected chi connectivity index (χ3v) is 3.11. The second-order valence-corrected chi connectivity index (χ2v) is 5.02. The van der Waals surface area contributed by atoms with Crippen molar-refractivity contribution in [3.8, 4) is 0 Å². The molecule has 4 nitrogen and oxygen atoms in total. The summed E-state index contributed by atoms with van der Waals surface area (Å²) in [7, 11) is 3.54. The Balaban J connectivity index is 2.14. The number of carbonyl (C=O) groups is 1. The van der Waals surface area contributed by atoms with Gasteiger partial charge in [-0.25, -0.2) is 0 Å². The van der Waals surface area contributed by atoms with Crippen LogP contribution in [0.5, 0.6) is 0 Å². The second-order valence-electron chi connectivity index (χ2n) is 4.59. The number of amides is 1. The molecule has 1 aromatic carbocycles. The van der Waals surface area contributed by atoms with Gasteiger partial charge >= 0.3 is 0 Å². The van der Waals surface area contributed by atoms with Crippen molar-refractivity contribution < 1.29 is 4.79 Å². The zero-order valence-electron chi connectivity index (χ0n) is 11.2. The van der Waals surface area contributed by atoms with E-state index < -0.39 is 0 Å². The van der Waals surface area contributed by atoms with Gasteiger partial charge < -0.3 is 4.90 Å². The number of nitrogens with zero attached hydrogens (tertiary/aromatic N) is 3. The van der Waals surface area contributed by atoms with Gasteiger partial charge in [-0.1, -0.05) is 23.7 Å². The molecule has 0 aliphatic rings. The van der Waals surface area contributed by atoms with Gasteiger partial charge in [0.2, 0.25) is 0 Å². The van der Waals surface area contributed by atoms with Crippen molar-refractivity contribution in [1.29, 1.82) is 0 Å². The van der Waals surface area contributed by atoms with Crippen LogP contribution in [0.3, 0.4) is 0 Å². The van der Waals surface area contributed by atoms with E-state index in [9.17, 15) is 4.79 Å². The van der Waals surface area contributed by atoms with Crippen LogP contribution in [0.2, 0.25) is 5.02 Å². The summed E-state index contributed by atoms with van der Waals surface area (Å²) < 4.78 is 1.60. The molecule has 0 aliphatic heterocycles. The lowest BCUT2D eigenvalue weighted by Crippen LogP contribution is -2.28. The van der Waals surface area contributed by atoms with Gasteiger partial charge in [-0.05, 0) is 30.7 Å². The molecule has 0 unspecified atom stereocenters. The summed E-state index contributed by atoms with van der Waals surface area (Å²) >= 11 is 5.94. The Labute approximate surface area is 117 Å². The summed E-state index contributed by atoms with van der Waals surface area (Å²) in [5.41, 5.74) is 2.42. The molecular weight excluding hydrogens is 262 g/mol. The van der Waals surface area contributed by atoms with Crippen LogP contribution in [0.25, 0.3) is 0 Å². The highest BCUT2D eigenvalue weighted by atomic mass is 35.5. The number of carbonyl (C=O) groups excluding carboxylic acids is 1. The molecule has 0 saturated heterocycles. The van der Waals surface area contributed by atoms with Crippen LogP contribution in [0.15, 0.2) is 30.3 Å². The molecule has 1 heterocycles. The van der Waals surface area contributed by atoms with Crippen LogP contribution >= 0.6 is 11.6 Å². The molecule has 0 radical (unpaired) electrons. The molecular formula is C14H16ClN3O. The van der Waals surface area contributed by atoms with Crippen LogP contribution in [0.1, 0.15) is 21.7 Å². The lowest BCUT2D eigenvalue weighted by Gasteiger charge is -2.17. The Morgan fingerprint density at radius 1 is 1.42 bits per heavy atom. The van der Waals surface area contributed by atoms with Crippen molar-refractivity contribution in [2.75, 3.05) is 7.05 Å². The molecule has 0 spiro atoms. The first-order valence-corrected chi connectivity index (χ1v) is 6.35. The minimum Gasteiger partial charge on any atom is -0.336 e. The zero-order chi connectivity index (χ0) is 14.0. The van der Waals surface area contributed by atoms with Gasteiger partial charge in [-0.15, -0.1) is 0 Å². The predicted octanol–water partition coefficient (Wildman–Crippen LogP) is 2.65. The third-order valence-electron chi connectivity index (χ3n) is 2.88. The van der Waals surface area contributed by atoms with Crippen LogP contribution in [-0.4, -0.2) is 27.6 Å². The zero-order valence-corrected chi connectivity index (χ0v) is 12.0. The first kappa shape index (κ1) is 13.6. The lowest BCUT2D eigenvalue weighted by molar-refractivity contribution is 0.0774. The minimum atomic E-state index is -0.0527. The monoisotopic (exact) mass is 277 g/mol. The molecule has 0 N–H and O–H groups in total. The number of aromatic nitrogens is 2. The summed E-state index contributed by atoms with van der Waals surface area (Å²) in [5.74, 6) is -0.0527. The number of aryl methyl sites for hydroxylation is 2. The van der Waals surface area contributed by atoms with E-state index in [1.807, 2.05) is 31.2 Å². The van der Waals surface area contributed by atoms with Crippen LogP contribution in [0.4, 0.5) is 0 Å². The van der Waals surface area contributed by atoms with Gasteiger partial charge in [0.25, 0.3) is 5.91 Å². The molecule has 1 aromatic heterocycles. The first-order chi connectivity index (χ1) is 8.97. The fourth-order valence-corrected chi connectivity index (χ4v) is 2.20. The number of halogens is 1. The van der Waals surface area contributed by atoms with Gasteiger partial charge in [0.1, 0.15) is 5.69 Å². The van der Waals surface area contributed by atoms with Gasteiger partial charge in [-0.3, -0.25) is 9.48 Å². The van der Waals surface area contributed by atoms with Gasteiger partial charge in [-0.2, -0.15) is 5.10 Å². The van der Waals surface area contributed by atoms with Crippen molar-refractivity contribution in [3.63, 3.8) is 0 Å². The molecule has 0 aliphatic carbocycles.